The molecule has 1 aromatic carbocycles. The van der Waals surface area contributed by atoms with Crippen molar-refractivity contribution in [3.05, 3.63) is 59.9 Å². The van der Waals surface area contributed by atoms with Crippen molar-refractivity contribution in [2.24, 2.45) is 7.05 Å². The molecule has 1 N–H and O–H groups in total. The molecule has 3 heterocycles. The molecule has 3 aromatic rings. The summed E-state index contributed by atoms with van der Waals surface area (Å²) in [7, 11) is 1.97. The molecule has 4 rings (SSSR count). The number of hydrogen-bond donors (Lipinski definition) is 1. The van der Waals surface area contributed by atoms with Crippen LogP contribution in [0.5, 0.6) is 5.75 Å². The molecule has 1 aliphatic rings. The summed E-state index contributed by atoms with van der Waals surface area (Å²) in [6.45, 7) is 1.97. The van der Waals surface area contributed by atoms with Crippen LogP contribution >= 0.6 is 0 Å². The van der Waals surface area contributed by atoms with Crippen LogP contribution in [0.3, 0.4) is 0 Å². The lowest BCUT2D eigenvalue weighted by atomic mass is 9.96. The van der Waals surface area contributed by atoms with Crippen molar-refractivity contribution >= 4 is 5.91 Å². The first-order valence-electron chi connectivity index (χ1n) is 9.51. The van der Waals surface area contributed by atoms with Gasteiger partial charge < -0.3 is 14.6 Å². The van der Waals surface area contributed by atoms with Crippen LogP contribution in [-0.2, 0) is 24.8 Å². The van der Waals surface area contributed by atoms with Gasteiger partial charge in [0.15, 0.2) is 5.82 Å². The molecule has 1 unspecified atom stereocenters. The maximum atomic E-state index is 12.7. The minimum Gasteiger partial charge on any atom is -0.508 e. The van der Waals surface area contributed by atoms with E-state index in [1.807, 2.05) is 39.5 Å². The molecule has 0 radical (unpaired) electrons. The summed E-state index contributed by atoms with van der Waals surface area (Å²) in [6, 6.07) is 8.76. The number of aromatic hydroxyl groups is 1. The zero-order valence-electron chi connectivity index (χ0n) is 15.9. The lowest BCUT2D eigenvalue weighted by Crippen LogP contribution is -2.40. The topological polar surface area (TPSA) is 89.1 Å². The van der Waals surface area contributed by atoms with Crippen LogP contribution in [0.1, 0.15) is 36.0 Å². The Labute approximate surface area is 163 Å². The Bertz CT molecular complexity index is 950. The monoisotopic (exact) mass is 380 g/mol. The first-order valence-corrected chi connectivity index (χ1v) is 9.51. The zero-order valence-corrected chi connectivity index (χ0v) is 15.9. The average molecular weight is 380 g/mol. The Morgan fingerprint density at radius 1 is 1.29 bits per heavy atom. The van der Waals surface area contributed by atoms with Gasteiger partial charge in [0.2, 0.25) is 5.91 Å². The summed E-state index contributed by atoms with van der Waals surface area (Å²) in [5.41, 5.74) is 0.826. The highest BCUT2D eigenvalue weighted by Gasteiger charge is 2.28. The van der Waals surface area contributed by atoms with Gasteiger partial charge in [0.1, 0.15) is 18.1 Å². The number of carbonyl (C=O) groups is 1. The number of amides is 1. The van der Waals surface area contributed by atoms with Gasteiger partial charge in [0.25, 0.3) is 0 Å². The number of rotatable bonds is 5. The highest BCUT2D eigenvalue weighted by Crippen LogP contribution is 2.26. The number of piperidine rings is 1. The molecule has 146 valence electrons. The van der Waals surface area contributed by atoms with Gasteiger partial charge in [-0.3, -0.25) is 9.48 Å². The third kappa shape index (κ3) is 3.90. The molecule has 0 spiro atoms. The van der Waals surface area contributed by atoms with Gasteiger partial charge in [0.05, 0.1) is 6.42 Å². The Morgan fingerprint density at radius 3 is 2.96 bits per heavy atom. The lowest BCUT2D eigenvalue weighted by molar-refractivity contribution is -0.131. The fourth-order valence-electron chi connectivity index (χ4n) is 3.77. The van der Waals surface area contributed by atoms with E-state index in [0.717, 1.165) is 36.6 Å². The molecule has 1 aliphatic heterocycles. The zero-order chi connectivity index (χ0) is 19.5. The summed E-state index contributed by atoms with van der Waals surface area (Å²) in [6.07, 6.45) is 5.87. The molecule has 1 fully saturated rings. The van der Waals surface area contributed by atoms with E-state index in [0.29, 0.717) is 19.5 Å². The Hall–Kier alpha value is -3.16. The molecule has 8 heteroatoms. The van der Waals surface area contributed by atoms with E-state index in [2.05, 4.69) is 15.3 Å². The summed E-state index contributed by atoms with van der Waals surface area (Å²) in [5.74, 6) is 2.20. The molecular formula is C20H24N6O2. The second-order valence-corrected chi connectivity index (χ2v) is 7.26. The molecule has 0 bridgehead atoms. The minimum absolute atomic E-state index is 0.0780. The van der Waals surface area contributed by atoms with Crippen LogP contribution in [0.15, 0.2) is 42.7 Å². The molecule has 2 aromatic heterocycles. The van der Waals surface area contributed by atoms with E-state index in [-0.39, 0.29) is 17.6 Å². The predicted octanol–water partition coefficient (Wildman–Crippen LogP) is 1.71. The van der Waals surface area contributed by atoms with E-state index in [1.165, 1.54) is 0 Å². The van der Waals surface area contributed by atoms with Crippen LogP contribution < -0.4 is 0 Å². The van der Waals surface area contributed by atoms with Gasteiger partial charge in [-0.15, -0.1) is 10.2 Å². The van der Waals surface area contributed by atoms with Crippen LogP contribution in [-0.4, -0.2) is 53.5 Å². The van der Waals surface area contributed by atoms with Crippen molar-refractivity contribution in [2.75, 3.05) is 13.1 Å². The normalized spacial score (nSPS) is 17.0. The van der Waals surface area contributed by atoms with Crippen molar-refractivity contribution in [3.63, 3.8) is 0 Å². The third-order valence-corrected chi connectivity index (χ3v) is 5.27. The fraction of sp³-hybridized carbons (Fsp3) is 0.400. The standard InChI is InChI=1S/C20H24N6O2/c1-24-18(14-26-10-4-8-21-26)22-23-20(24)16-6-3-9-25(13-16)19(28)12-15-5-2-7-17(27)11-15/h2,4-5,7-8,10-11,16,27H,3,6,9,12-14H2,1H3. The molecule has 1 atom stereocenters. The summed E-state index contributed by atoms with van der Waals surface area (Å²) >= 11 is 0. The van der Waals surface area contributed by atoms with Crippen LogP contribution in [0, 0.1) is 0 Å². The maximum Gasteiger partial charge on any atom is 0.227 e. The summed E-state index contributed by atoms with van der Waals surface area (Å²) in [5, 5.41) is 22.6. The van der Waals surface area contributed by atoms with Gasteiger partial charge in [-0.25, -0.2) is 0 Å². The van der Waals surface area contributed by atoms with Gasteiger partial charge in [-0.05, 0) is 36.6 Å². The highest BCUT2D eigenvalue weighted by molar-refractivity contribution is 5.79. The van der Waals surface area contributed by atoms with Gasteiger partial charge >= 0.3 is 0 Å². The Balaban J connectivity index is 1.43. The lowest BCUT2D eigenvalue weighted by Gasteiger charge is -2.32. The largest absolute Gasteiger partial charge is 0.508 e. The van der Waals surface area contributed by atoms with Gasteiger partial charge in [-0.1, -0.05) is 12.1 Å². The van der Waals surface area contributed by atoms with E-state index in [4.69, 9.17) is 0 Å². The predicted molar refractivity (Wildman–Crippen MR) is 103 cm³/mol. The molecule has 1 amide bonds. The van der Waals surface area contributed by atoms with E-state index < -0.39 is 0 Å². The fourth-order valence-corrected chi connectivity index (χ4v) is 3.77. The van der Waals surface area contributed by atoms with E-state index >= 15 is 0 Å². The number of carbonyl (C=O) groups excluding carboxylic acids is 1. The molecule has 0 aliphatic carbocycles. The van der Waals surface area contributed by atoms with E-state index in [1.54, 1.807) is 24.4 Å². The quantitative estimate of drug-likeness (QED) is 0.728. The number of hydrogen-bond acceptors (Lipinski definition) is 5. The van der Waals surface area contributed by atoms with Crippen LogP contribution in [0.25, 0.3) is 0 Å². The first kappa shape index (κ1) is 18.2. The Morgan fingerprint density at radius 2 is 2.18 bits per heavy atom. The molecular weight excluding hydrogens is 356 g/mol. The Kier molecular flexibility index (Phi) is 5.10. The van der Waals surface area contributed by atoms with Gasteiger partial charge in [-0.2, -0.15) is 5.10 Å². The van der Waals surface area contributed by atoms with Crippen molar-refractivity contribution in [1.82, 2.24) is 29.4 Å². The van der Waals surface area contributed by atoms with Crippen molar-refractivity contribution in [3.8, 4) is 5.75 Å². The van der Waals surface area contributed by atoms with Crippen molar-refractivity contribution in [2.45, 2.75) is 31.7 Å². The smallest absolute Gasteiger partial charge is 0.227 e. The minimum atomic E-state index is 0.0780. The van der Waals surface area contributed by atoms with Crippen LogP contribution in [0.2, 0.25) is 0 Å². The first-order chi connectivity index (χ1) is 13.6. The molecule has 0 saturated carbocycles. The number of aromatic nitrogens is 5. The maximum absolute atomic E-state index is 12.7. The SMILES string of the molecule is Cn1c(Cn2cccn2)nnc1C1CCCN(C(=O)Cc2cccc(O)c2)C1. The van der Waals surface area contributed by atoms with Crippen molar-refractivity contribution in [1.29, 1.82) is 0 Å². The van der Waals surface area contributed by atoms with Crippen molar-refractivity contribution < 1.29 is 9.90 Å². The second-order valence-electron chi connectivity index (χ2n) is 7.26. The second kappa shape index (κ2) is 7.84. The van der Waals surface area contributed by atoms with E-state index in [9.17, 15) is 9.90 Å². The molecule has 1 saturated heterocycles. The highest BCUT2D eigenvalue weighted by atomic mass is 16.3. The number of nitrogens with zero attached hydrogens (tertiary/aromatic N) is 6. The van der Waals surface area contributed by atoms with Crippen LogP contribution in [0.4, 0.5) is 0 Å². The average Bonchev–Trinajstić information content (AvgIpc) is 3.33. The summed E-state index contributed by atoms with van der Waals surface area (Å²) < 4.78 is 3.84. The molecule has 8 nitrogen and oxygen atoms in total. The number of phenolic OH excluding ortho intramolecular Hbond substituents is 1. The molecule has 28 heavy (non-hydrogen) atoms. The van der Waals surface area contributed by atoms with Gasteiger partial charge in [0, 0.05) is 38.4 Å². The number of benzene rings is 1. The number of phenols is 1. The summed E-state index contributed by atoms with van der Waals surface area (Å²) in [4.78, 5) is 14.7. The number of likely N-dealkylation sites (tertiary alicyclic amines) is 1. The third-order valence-electron chi connectivity index (χ3n) is 5.27.